The van der Waals surface area contributed by atoms with Crippen LogP contribution in [0, 0.1) is 39.9 Å². The number of nitrogens with one attached hydrogen (secondary N) is 1. The Morgan fingerprint density at radius 2 is 1.34 bits per heavy atom. The Bertz CT molecular complexity index is 2460. The van der Waals surface area contributed by atoms with Crippen LogP contribution in [0.1, 0.15) is 44.3 Å². The number of aromatic nitrogens is 4. The largest absolute Gasteiger partial charge is 0.508 e. The van der Waals surface area contributed by atoms with Crippen molar-refractivity contribution in [3.8, 4) is 29.0 Å². The van der Waals surface area contributed by atoms with E-state index in [-0.39, 0.29) is 22.9 Å². The maximum atomic E-state index is 12.5. The number of ether oxygens (including phenoxy) is 2. The monoisotopic (exact) mass is 775 g/mol. The maximum absolute atomic E-state index is 12.5. The van der Waals surface area contributed by atoms with E-state index in [1.807, 2.05) is 19.9 Å². The number of hydrogen-bond acceptors (Lipinski definition) is 13. The summed E-state index contributed by atoms with van der Waals surface area (Å²) in [6, 6.07) is 18.9. The number of nitro benzene ring substituents is 2. The van der Waals surface area contributed by atoms with Crippen molar-refractivity contribution in [1.82, 2.24) is 19.5 Å². The van der Waals surface area contributed by atoms with Gasteiger partial charge in [0, 0.05) is 61.4 Å². The predicted molar refractivity (Wildman–Crippen MR) is 207 cm³/mol. The van der Waals surface area contributed by atoms with Crippen molar-refractivity contribution in [2.75, 3.05) is 11.8 Å². The zero-order chi connectivity index (χ0) is 44.8. The van der Waals surface area contributed by atoms with E-state index in [1.165, 1.54) is 56.8 Å². The van der Waals surface area contributed by atoms with E-state index in [4.69, 9.17) is 20.1 Å². The third-order valence-corrected chi connectivity index (χ3v) is 6.92. The molecule has 6 aromatic rings. The lowest BCUT2D eigenvalue weighted by Gasteiger charge is -2.18. The van der Waals surface area contributed by atoms with Gasteiger partial charge in [-0.2, -0.15) is 4.39 Å². The van der Waals surface area contributed by atoms with Crippen LogP contribution in [0.4, 0.5) is 21.5 Å². The van der Waals surface area contributed by atoms with E-state index in [9.17, 15) is 34.8 Å². The van der Waals surface area contributed by atoms with Crippen LogP contribution in [0.15, 0.2) is 97.6 Å². The molecule has 0 saturated heterocycles. The number of aryl methyl sites for hydroxylation is 2. The Labute approximate surface area is 326 Å². The number of fused-ring (bicyclic) bond motifs is 1. The van der Waals surface area contributed by atoms with E-state index >= 15 is 0 Å². The first kappa shape index (κ1) is 36.3. The van der Waals surface area contributed by atoms with Crippen LogP contribution in [-0.2, 0) is 6.50 Å². The minimum absolute atomic E-state index is 0.110. The van der Waals surface area contributed by atoms with Crippen LogP contribution in [0.25, 0.3) is 11.0 Å². The number of phenols is 1. The Balaban J connectivity index is 0.000000213. The number of aromatic hydroxyl groups is 1. The molecule has 3 aromatic carbocycles. The number of nitro groups is 2. The van der Waals surface area contributed by atoms with Gasteiger partial charge in [-0.3, -0.25) is 20.2 Å². The maximum Gasteiger partial charge on any atom is 0.305 e. The normalized spacial score (nSPS) is 12.7. The third kappa shape index (κ3) is 13.0. The van der Waals surface area contributed by atoms with E-state index in [0.717, 1.165) is 23.3 Å². The zero-order valence-corrected chi connectivity index (χ0v) is 31.1. The molecule has 16 nitrogen and oxygen atoms in total. The number of aliphatic hydroxyl groups is 2. The molecule has 0 aliphatic heterocycles. The number of anilines is 1. The molecule has 0 unspecified atom stereocenters. The second-order valence-electron chi connectivity index (χ2n) is 13.1. The predicted octanol–water partition coefficient (Wildman–Crippen LogP) is 8.02. The second-order valence-corrected chi connectivity index (χ2v) is 13.1. The van der Waals surface area contributed by atoms with Gasteiger partial charge in [-0.25, -0.2) is 15.0 Å². The van der Waals surface area contributed by atoms with Crippen molar-refractivity contribution in [2.24, 2.45) is 0 Å². The SMILES string of the molecule is O=[N+]([O-])c1ccc(O)cc1F.[2H]C([2H])(Nc1cc(Oc2ccc(C)cn2)ccc1[N+](=O)[O-])C(C)(C)O.[2H]C([2H])(n1cnc2ccc(Oc3ccc(C)cn3)cc21)C(C)(C)O. The highest BCUT2D eigenvalue weighted by Gasteiger charge is 2.19. The van der Waals surface area contributed by atoms with Gasteiger partial charge in [0.25, 0.3) is 5.69 Å². The van der Waals surface area contributed by atoms with Crippen LogP contribution >= 0.6 is 0 Å². The molecule has 0 fully saturated rings. The van der Waals surface area contributed by atoms with Gasteiger partial charge in [-0.15, -0.1) is 0 Å². The van der Waals surface area contributed by atoms with Crippen molar-refractivity contribution in [2.45, 2.75) is 59.2 Å². The number of halogens is 1. The summed E-state index contributed by atoms with van der Waals surface area (Å²) in [5.74, 6) is 0.165. The highest BCUT2D eigenvalue weighted by molar-refractivity contribution is 5.77. The molecule has 0 atom stereocenters. The lowest BCUT2D eigenvalue weighted by atomic mass is 10.1. The summed E-state index contributed by atoms with van der Waals surface area (Å²) in [6.45, 7) is 4.88. The van der Waals surface area contributed by atoms with Gasteiger partial charge in [-0.1, -0.05) is 12.1 Å². The standard InChI is InChI=1S/C17H19N3O2.C16H19N3O4.C6H4FNO3/c1-12-4-7-16(18-9-12)22-13-5-6-14-15(8-13)20(11-19-14)10-17(2,3)21;1-11-4-7-15(17-9-11)23-12-5-6-14(19(21)22)13(8-12)18-10-16(2,3)20;7-5-3-4(9)1-2-6(5)8(10)11/h4-9,11,21H,10H2,1-3H3;4-9,18,20H,10H2,1-3H3;1-3,9H/i2*10D2;. The van der Waals surface area contributed by atoms with Crippen LogP contribution in [0.2, 0.25) is 0 Å². The van der Waals surface area contributed by atoms with Crippen molar-refractivity contribution in [3.63, 3.8) is 0 Å². The Morgan fingerprint density at radius 1 is 0.786 bits per heavy atom. The molecule has 0 radical (unpaired) electrons. The zero-order valence-electron chi connectivity index (χ0n) is 35.1. The topological polar surface area (TPSA) is 221 Å². The van der Waals surface area contributed by atoms with Crippen LogP contribution in [0.3, 0.4) is 0 Å². The van der Waals surface area contributed by atoms with Gasteiger partial charge in [0.15, 0.2) is 0 Å². The van der Waals surface area contributed by atoms with Crippen molar-refractivity contribution in [3.05, 3.63) is 135 Å². The lowest BCUT2D eigenvalue weighted by molar-refractivity contribution is -0.387. The van der Waals surface area contributed by atoms with Crippen LogP contribution in [-0.4, -0.2) is 62.4 Å². The van der Waals surface area contributed by atoms with Crippen LogP contribution < -0.4 is 14.8 Å². The number of nitrogens with zero attached hydrogens (tertiary/aromatic N) is 6. The Kier molecular flexibility index (Phi) is 11.7. The van der Waals surface area contributed by atoms with Gasteiger partial charge in [-0.05, 0) is 76.9 Å². The minimum atomic E-state index is -2.31. The smallest absolute Gasteiger partial charge is 0.305 e. The number of imidazole rings is 1. The quantitative estimate of drug-likeness (QED) is 0.0724. The Morgan fingerprint density at radius 3 is 1.84 bits per heavy atom. The molecule has 56 heavy (non-hydrogen) atoms. The molecular weight excluding hydrogens is 729 g/mol. The molecule has 0 spiro atoms. The molecule has 3 heterocycles. The average molecular weight is 776 g/mol. The van der Waals surface area contributed by atoms with Gasteiger partial charge in [0.1, 0.15) is 22.9 Å². The summed E-state index contributed by atoms with van der Waals surface area (Å²) < 4.78 is 57.3. The van der Waals surface area contributed by atoms with Crippen molar-refractivity contribution < 1.29 is 44.5 Å². The third-order valence-electron chi connectivity index (χ3n) is 6.92. The van der Waals surface area contributed by atoms with E-state index in [0.29, 0.717) is 34.6 Å². The first-order valence-electron chi connectivity index (χ1n) is 18.6. The van der Waals surface area contributed by atoms with Gasteiger partial charge >= 0.3 is 5.69 Å². The van der Waals surface area contributed by atoms with Crippen molar-refractivity contribution >= 4 is 28.1 Å². The number of phenolic OH excluding ortho intramolecular Hbond substituents is 1. The average Bonchev–Trinajstić information content (AvgIpc) is 3.57. The first-order chi connectivity index (χ1) is 27.8. The minimum Gasteiger partial charge on any atom is -0.508 e. The molecule has 0 aliphatic rings. The van der Waals surface area contributed by atoms with Gasteiger partial charge in [0.2, 0.25) is 17.6 Å². The van der Waals surface area contributed by atoms with E-state index in [1.54, 1.807) is 48.8 Å². The summed E-state index contributed by atoms with van der Waals surface area (Å²) >= 11 is 0. The Hall–Kier alpha value is -6.72. The summed E-state index contributed by atoms with van der Waals surface area (Å²) in [5.41, 5.74) is -1.28. The van der Waals surface area contributed by atoms with Crippen molar-refractivity contribution in [1.29, 1.82) is 0 Å². The first-order valence-corrected chi connectivity index (χ1v) is 16.6. The highest BCUT2D eigenvalue weighted by Crippen LogP contribution is 2.31. The summed E-state index contributed by atoms with van der Waals surface area (Å²) in [4.78, 5) is 32.2. The van der Waals surface area contributed by atoms with Crippen LogP contribution in [0.5, 0.6) is 29.0 Å². The molecule has 4 N–H and O–H groups in total. The molecule has 0 amide bonds. The fourth-order valence-electron chi connectivity index (χ4n) is 4.41. The van der Waals surface area contributed by atoms with E-state index < -0.39 is 45.5 Å². The molecule has 294 valence electrons. The fourth-order valence-corrected chi connectivity index (χ4v) is 4.41. The summed E-state index contributed by atoms with van der Waals surface area (Å²) in [6.07, 6.45) is 4.72. The fraction of sp³-hybridized carbons (Fsp3) is 0.256. The number of benzene rings is 3. The van der Waals surface area contributed by atoms with E-state index in [2.05, 4.69) is 20.3 Å². The second kappa shape index (κ2) is 18.1. The summed E-state index contributed by atoms with van der Waals surface area (Å²) in [5, 5.41) is 52.3. The molecule has 0 bridgehead atoms. The van der Waals surface area contributed by atoms with Gasteiger partial charge < -0.3 is 34.7 Å². The number of hydrogen-bond donors (Lipinski definition) is 4. The summed E-state index contributed by atoms with van der Waals surface area (Å²) in [7, 11) is 0. The van der Waals surface area contributed by atoms with Gasteiger partial charge in [0.05, 0.1) is 50.4 Å². The molecule has 6 rings (SSSR count). The number of pyridine rings is 2. The molecule has 0 aliphatic carbocycles. The highest BCUT2D eigenvalue weighted by atomic mass is 19.1. The molecule has 3 aromatic heterocycles. The lowest BCUT2D eigenvalue weighted by Crippen LogP contribution is -2.29. The number of rotatable bonds is 11. The molecular formula is C39H42FN7O9. The molecule has 17 heteroatoms. The molecule has 0 saturated carbocycles.